The van der Waals surface area contributed by atoms with Crippen LogP contribution < -0.4 is 5.63 Å². The topological polar surface area (TPSA) is 51.8 Å². The van der Waals surface area contributed by atoms with Gasteiger partial charge in [-0.3, -0.25) is 0 Å². The summed E-state index contributed by atoms with van der Waals surface area (Å²) < 4.78 is 5.08. The summed E-state index contributed by atoms with van der Waals surface area (Å²) in [4.78, 5) is 16.1. The van der Waals surface area contributed by atoms with Gasteiger partial charge in [0, 0.05) is 10.4 Å². The maximum atomic E-state index is 11.6. The molecule has 0 aliphatic carbocycles. The Labute approximate surface area is 106 Å². The molecule has 0 unspecified atom stereocenters. The number of oxime groups is 1. The molecule has 0 aliphatic heterocycles. The second kappa shape index (κ2) is 4.77. The van der Waals surface area contributed by atoms with Crippen LogP contribution in [0.15, 0.2) is 32.6 Å². The van der Waals surface area contributed by atoms with Crippen molar-refractivity contribution in [1.29, 1.82) is 0 Å². The minimum Gasteiger partial charge on any atom is -0.422 e. The molecule has 0 aliphatic rings. The lowest BCUT2D eigenvalue weighted by Crippen LogP contribution is -2.07. The van der Waals surface area contributed by atoms with Crippen molar-refractivity contribution < 1.29 is 9.25 Å². The fourth-order valence-electron chi connectivity index (χ4n) is 1.37. The van der Waals surface area contributed by atoms with Crippen LogP contribution in [0.25, 0.3) is 11.0 Å². The van der Waals surface area contributed by atoms with E-state index in [1.54, 1.807) is 18.2 Å². The van der Waals surface area contributed by atoms with Crippen LogP contribution in [0.4, 0.5) is 0 Å². The minimum absolute atomic E-state index is 0.128. The van der Waals surface area contributed by atoms with Gasteiger partial charge in [-0.05, 0) is 18.2 Å². The van der Waals surface area contributed by atoms with Gasteiger partial charge in [-0.15, -0.1) is 0 Å². The summed E-state index contributed by atoms with van der Waals surface area (Å²) >= 11 is 11.9. The SMILES string of the molecule is CO/N=C/c1c(Cl)c2cc(Cl)ccc2oc1=O. The Kier molecular flexibility index (Phi) is 3.36. The summed E-state index contributed by atoms with van der Waals surface area (Å²) in [5.74, 6) is 0. The molecule has 1 aromatic heterocycles. The highest BCUT2D eigenvalue weighted by molar-refractivity contribution is 6.38. The van der Waals surface area contributed by atoms with Crippen molar-refractivity contribution in [3.63, 3.8) is 0 Å². The third-order valence-electron chi connectivity index (χ3n) is 2.12. The van der Waals surface area contributed by atoms with Gasteiger partial charge in [0.25, 0.3) is 0 Å². The first-order chi connectivity index (χ1) is 8.13. The molecule has 4 nitrogen and oxygen atoms in total. The van der Waals surface area contributed by atoms with E-state index >= 15 is 0 Å². The summed E-state index contributed by atoms with van der Waals surface area (Å²) in [5.41, 5.74) is -0.0760. The zero-order chi connectivity index (χ0) is 12.4. The number of fused-ring (bicyclic) bond motifs is 1. The van der Waals surface area contributed by atoms with Gasteiger partial charge < -0.3 is 9.25 Å². The first-order valence-corrected chi connectivity index (χ1v) is 5.37. The second-order valence-electron chi connectivity index (χ2n) is 3.17. The minimum atomic E-state index is -0.578. The van der Waals surface area contributed by atoms with Gasteiger partial charge in [0.15, 0.2) is 0 Å². The molecule has 17 heavy (non-hydrogen) atoms. The largest absolute Gasteiger partial charge is 0.422 e. The lowest BCUT2D eigenvalue weighted by molar-refractivity contribution is 0.215. The number of rotatable bonds is 2. The Morgan fingerprint density at radius 1 is 1.41 bits per heavy atom. The Morgan fingerprint density at radius 2 is 2.18 bits per heavy atom. The van der Waals surface area contributed by atoms with E-state index in [-0.39, 0.29) is 10.6 Å². The molecular weight excluding hydrogens is 265 g/mol. The van der Waals surface area contributed by atoms with E-state index in [4.69, 9.17) is 27.6 Å². The molecule has 0 saturated carbocycles. The third-order valence-corrected chi connectivity index (χ3v) is 2.77. The molecule has 2 aromatic rings. The van der Waals surface area contributed by atoms with E-state index in [1.165, 1.54) is 13.3 Å². The van der Waals surface area contributed by atoms with Crippen LogP contribution >= 0.6 is 23.2 Å². The average molecular weight is 272 g/mol. The first-order valence-electron chi connectivity index (χ1n) is 4.62. The molecule has 0 atom stereocenters. The van der Waals surface area contributed by atoms with Crippen LogP contribution in [0.5, 0.6) is 0 Å². The van der Waals surface area contributed by atoms with E-state index in [0.717, 1.165) is 0 Å². The molecule has 0 amide bonds. The molecule has 0 fully saturated rings. The Balaban J connectivity index is 2.78. The molecule has 0 radical (unpaired) electrons. The van der Waals surface area contributed by atoms with Crippen molar-refractivity contribution in [2.45, 2.75) is 0 Å². The molecular formula is C11H7Cl2NO3. The molecule has 2 rings (SSSR count). The number of benzene rings is 1. The van der Waals surface area contributed by atoms with Crippen molar-refractivity contribution in [3.05, 3.63) is 44.2 Å². The van der Waals surface area contributed by atoms with Crippen LogP contribution in [0.3, 0.4) is 0 Å². The van der Waals surface area contributed by atoms with Gasteiger partial charge in [0.05, 0.1) is 11.2 Å². The van der Waals surface area contributed by atoms with E-state index in [1.807, 2.05) is 0 Å². The highest BCUT2D eigenvalue weighted by Gasteiger charge is 2.11. The smallest absolute Gasteiger partial charge is 0.346 e. The molecule has 0 spiro atoms. The van der Waals surface area contributed by atoms with Crippen LogP contribution in [0.1, 0.15) is 5.56 Å². The van der Waals surface area contributed by atoms with E-state index in [2.05, 4.69) is 9.99 Å². The van der Waals surface area contributed by atoms with Crippen LogP contribution in [0, 0.1) is 0 Å². The van der Waals surface area contributed by atoms with Crippen LogP contribution in [-0.2, 0) is 4.84 Å². The summed E-state index contributed by atoms with van der Waals surface area (Å²) in [6.45, 7) is 0. The van der Waals surface area contributed by atoms with Crippen LogP contribution in [-0.4, -0.2) is 13.3 Å². The van der Waals surface area contributed by atoms with Gasteiger partial charge in [-0.25, -0.2) is 4.79 Å². The van der Waals surface area contributed by atoms with Gasteiger partial charge in [0.2, 0.25) is 0 Å². The predicted molar refractivity (Wildman–Crippen MR) is 67.1 cm³/mol. The maximum Gasteiger partial charge on any atom is 0.346 e. The summed E-state index contributed by atoms with van der Waals surface area (Å²) in [7, 11) is 1.37. The van der Waals surface area contributed by atoms with Gasteiger partial charge in [-0.1, -0.05) is 28.4 Å². The van der Waals surface area contributed by atoms with Crippen molar-refractivity contribution in [3.8, 4) is 0 Å². The second-order valence-corrected chi connectivity index (χ2v) is 3.99. The Bertz CT molecular complexity index is 649. The molecule has 0 bridgehead atoms. The zero-order valence-electron chi connectivity index (χ0n) is 8.74. The van der Waals surface area contributed by atoms with Crippen molar-refractivity contribution >= 4 is 40.4 Å². The quantitative estimate of drug-likeness (QED) is 0.479. The van der Waals surface area contributed by atoms with Gasteiger partial charge >= 0.3 is 5.63 Å². The third kappa shape index (κ3) is 2.28. The Morgan fingerprint density at radius 3 is 2.88 bits per heavy atom. The maximum absolute atomic E-state index is 11.6. The standard InChI is InChI=1S/C11H7Cl2NO3/c1-16-14-5-8-10(13)7-4-6(12)2-3-9(7)17-11(8)15/h2-5H,1H3/b14-5+. The van der Waals surface area contributed by atoms with E-state index in [0.29, 0.717) is 16.0 Å². The number of nitrogens with zero attached hydrogens (tertiary/aromatic N) is 1. The summed E-state index contributed by atoms with van der Waals surface area (Å²) in [6, 6.07) is 4.82. The average Bonchev–Trinajstić information content (AvgIpc) is 2.30. The summed E-state index contributed by atoms with van der Waals surface area (Å²) in [6.07, 6.45) is 1.20. The number of halogens is 2. The first kappa shape index (κ1) is 12.0. The normalized spacial score (nSPS) is 11.2. The Hall–Kier alpha value is -1.52. The highest BCUT2D eigenvalue weighted by atomic mass is 35.5. The zero-order valence-corrected chi connectivity index (χ0v) is 10.2. The van der Waals surface area contributed by atoms with E-state index in [9.17, 15) is 4.79 Å². The lowest BCUT2D eigenvalue weighted by Gasteiger charge is -2.02. The van der Waals surface area contributed by atoms with Crippen molar-refractivity contribution in [2.24, 2.45) is 5.16 Å². The number of hydrogen-bond acceptors (Lipinski definition) is 4. The van der Waals surface area contributed by atoms with Crippen LogP contribution in [0.2, 0.25) is 10.0 Å². The fourth-order valence-corrected chi connectivity index (χ4v) is 1.81. The molecule has 1 heterocycles. The van der Waals surface area contributed by atoms with Gasteiger partial charge in [-0.2, -0.15) is 0 Å². The molecule has 0 saturated heterocycles. The molecule has 88 valence electrons. The van der Waals surface area contributed by atoms with E-state index < -0.39 is 5.63 Å². The van der Waals surface area contributed by atoms with Gasteiger partial charge in [0.1, 0.15) is 18.3 Å². The molecule has 0 N–H and O–H groups in total. The fraction of sp³-hybridized carbons (Fsp3) is 0.0909. The molecule has 6 heteroatoms. The highest BCUT2D eigenvalue weighted by Crippen LogP contribution is 2.26. The molecule has 1 aromatic carbocycles. The summed E-state index contributed by atoms with van der Waals surface area (Å²) in [5, 5.41) is 4.78. The van der Waals surface area contributed by atoms with Crippen molar-refractivity contribution in [1.82, 2.24) is 0 Å². The van der Waals surface area contributed by atoms with Crippen molar-refractivity contribution in [2.75, 3.05) is 7.11 Å². The predicted octanol–water partition coefficient (Wildman–Crippen LogP) is 3.08. The monoisotopic (exact) mass is 271 g/mol. The lowest BCUT2D eigenvalue weighted by atomic mass is 10.2. The number of hydrogen-bond donors (Lipinski definition) is 0.